The average molecular weight is 591 g/mol. The summed E-state index contributed by atoms with van der Waals surface area (Å²) in [6, 6.07) is 13.0. The molecule has 0 saturated carbocycles. The second-order valence-electron chi connectivity index (χ2n) is 9.25. The van der Waals surface area contributed by atoms with Crippen molar-refractivity contribution >= 4 is 48.2 Å². The standard InChI is InChI=1S/C24H26N6O6S3/c1-29-8-10-30(11-9-29)24(31)17-5-3-4-15(12-17)16-6-7-18-19(13-16)37-23(26-18)21(39(2,34)35)22-28-27-20(36-22)14-25-38(32)33/h3-7,12-13,21,38H,8-11,14H2,1-2H3,(H,25,32,33). The van der Waals surface area contributed by atoms with Crippen LogP contribution in [0.25, 0.3) is 21.3 Å². The number of rotatable bonds is 8. The minimum Gasteiger partial charge on any atom is -0.422 e. The number of nitrogens with one attached hydrogen (secondary N) is 1. The number of amides is 1. The quantitative estimate of drug-likeness (QED) is 0.288. The van der Waals surface area contributed by atoms with Crippen molar-refractivity contribution < 1.29 is 26.0 Å². The third-order valence-electron chi connectivity index (χ3n) is 6.36. The molecule has 0 radical (unpaired) electrons. The van der Waals surface area contributed by atoms with Crippen LogP contribution in [0.5, 0.6) is 0 Å². The Hall–Kier alpha value is -3.24. The number of thiazole rings is 1. The number of nitrogens with zero attached hydrogens (tertiary/aromatic N) is 5. The van der Waals surface area contributed by atoms with Crippen LogP contribution in [0, 0.1) is 0 Å². The molecule has 3 heterocycles. The third-order valence-corrected chi connectivity index (χ3v) is 9.29. The summed E-state index contributed by atoms with van der Waals surface area (Å²) >= 11 is 1.19. The predicted octanol–water partition coefficient (Wildman–Crippen LogP) is 1.48. The number of likely N-dealkylation sites (N-methyl/N-ethyl adjacent to an activating group) is 1. The lowest BCUT2D eigenvalue weighted by molar-refractivity contribution is 0.0664. The second kappa shape index (κ2) is 11.1. The first kappa shape index (κ1) is 27.3. The van der Waals surface area contributed by atoms with Gasteiger partial charge in [-0.1, -0.05) is 18.2 Å². The molecule has 5 rings (SSSR count). The van der Waals surface area contributed by atoms with Crippen molar-refractivity contribution in [1.82, 2.24) is 29.7 Å². The Morgan fingerprint density at radius 2 is 1.85 bits per heavy atom. The molecule has 2 aromatic heterocycles. The highest BCUT2D eigenvalue weighted by atomic mass is 32.2. The zero-order valence-corrected chi connectivity index (χ0v) is 23.6. The summed E-state index contributed by atoms with van der Waals surface area (Å²) in [5.41, 5.74) is 2.93. The van der Waals surface area contributed by atoms with Gasteiger partial charge < -0.3 is 14.2 Å². The van der Waals surface area contributed by atoms with E-state index >= 15 is 0 Å². The first-order valence-corrected chi connectivity index (χ1v) is 15.9. The number of hydrogen-bond acceptors (Lipinski definition) is 11. The van der Waals surface area contributed by atoms with Crippen molar-refractivity contribution in [1.29, 1.82) is 0 Å². The SMILES string of the molecule is CN1CCN(C(=O)c2cccc(-c3ccc4nc(C(c5nnc(CN[SH](=O)=O)o5)S(C)(=O)=O)sc4c3)c2)CC1. The second-order valence-corrected chi connectivity index (χ2v) is 13.3. The van der Waals surface area contributed by atoms with Crippen LogP contribution in [0.15, 0.2) is 46.9 Å². The lowest BCUT2D eigenvalue weighted by Crippen LogP contribution is -2.47. The van der Waals surface area contributed by atoms with Gasteiger partial charge in [-0.05, 0) is 42.4 Å². The predicted molar refractivity (Wildman–Crippen MR) is 147 cm³/mol. The van der Waals surface area contributed by atoms with E-state index in [-0.39, 0.29) is 29.2 Å². The van der Waals surface area contributed by atoms with E-state index in [1.165, 1.54) is 11.3 Å². The van der Waals surface area contributed by atoms with E-state index in [9.17, 15) is 21.6 Å². The van der Waals surface area contributed by atoms with Gasteiger partial charge in [-0.3, -0.25) is 4.79 Å². The number of fused-ring (bicyclic) bond motifs is 1. The van der Waals surface area contributed by atoms with E-state index in [2.05, 4.69) is 24.8 Å². The van der Waals surface area contributed by atoms with E-state index in [1.54, 1.807) is 6.07 Å². The Labute approximate surface area is 230 Å². The molecule has 1 unspecified atom stereocenters. The van der Waals surface area contributed by atoms with Gasteiger partial charge in [-0.25, -0.2) is 26.5 Å². The molecule has 1 N–H and O–H groups in total. The van der Waals surface area contributed by atoms with Crippen LogP contribution < -0.4 is 4.72 Å². The van der Waals surface area contributed by atoms with E-state index in [1.807, 2.05) is 48.3 Å². The molecule has 1 aliphatic heterocycles. The molecule has 1 atom stereocenters. The van der Waals surface area contributed by atoms with Crippen LogP contribution >= 0.6 is 11.3 Å². The van der Waals surface area contributed by atoms with E-state index in [4.69, 9.17) is 4.42 Å². The summed E-state index contributed by atoms with van der Waals surface area (Å²) in [5, 5.41) is 6.54. The fourth-order valence-corrected chi connectivity index (χ4v) is 7.10. The van der Waals surface area contributed by atoms with Crippen molar-refractivity contribution in [3.8, 4) is 11.1 Å². The minimum absolute atomic E-state index is 0.00153. The van der Waals surface area contributed by atoms with Gasteiger partial charge in [0.1, 0.15) is 5.01 Å². The van der Waals surface area contributed by atoms with Gasteiger partial charge in [0.05, 0.1) is 16.8 Å². The molecule has 4 aromatic rings. The van der Waals surface area contributed by atoms with Crippen LogP contribution in [0.4, 0.5) is 0 Å². The topological polar surface area (TPSA) is 156 Å². The molecular weight excluding hydrogens is 565 g/mol. The maximum absolute atomic E-state index is 13.1. The highest BCUT2D eigenvalue weighted by molar-refractivity contribution is 7.91. The number of piperazine rings is 1. The van der Waals surface area contributed by atoms with Gasteiger partial charge >= 0.3 is 0 Å². The molecule has 2 aromatic carbocycles. The van der Waals surface area contributed by atoms with Crippen LogP contribution in [-0.2, 0) is 27.3 Å². The Kier molecular flexibility index (Phi) is 7.77. The number of aromatic nitrogens is 3. The first-order chi connectivity index (χ1) is 18.6. The lowest BCUT2D eigenvalue weighted by Gasteiger charge is -2.32. The maximum atomic E-state index is 13.1. The van der Waals surface area contributed by atoms with Crippen LogP contribution in [0.2, 0.25) is 0 Å². The van der Waals surface area contributed by atoms with Gasteiger partial charge in [0.25, 0.3) is 5.91 Å². The zero-order valence-electron chi connectivity index (χ0n) is 21.1. The summed E-state index contributed by atoms with van der Waals surface area (Å²) in [7, 11) is -4.59. The molecule has 0 aliphatic carbocycles. The Bertz CT molecular complexity index is 1700. The molecule has 1 amide bonds. The molecule has 39 heavy (non-hydrogen) atoms. The largest absolute Gasteiger partial charge is 0.422 e. The normalized spacial score (nSPS) is 15.7. The van der Waals surface area contributed by atoms with E-state index in [0.29, 0.717) is 24.2 Å². The Morgan fingerprint density at radius 3 is 2.56 bits per heavy atom. The highest BCUT2D eigenvalue weighted by Gasteiger charge is 2.34. The minimum atomic E-state index is -3.76. The number of hydrogen-bond donors (Lipinski definition) is 2. The highest BCUT2D eigenvalue weighted by Crippen LogP contribution is 2.36. The first-order valence-electron chi connectivity index (χ1n) is 12.0. The molecule has 1 fully saturated rings. The molecular formula is C24H26N6O6S3. The third kappa shape index (κ3) is 6.17. The van der Waals surface area contributed by atoms with Crippen molar-refractivity contribution in [2.75, 3.05) is 39.5 Å². The van der Waals surface area contributed by atoms with Crippen molar-refractivity contribution in [2.45, 2.75) is 11.8 Å². The fourth-order valence-electron chi connectivity index (χ4n) is 4.31. The van der Waals surface area contributed by atoms with Crippen molar-refractivity contribution in [2.24, 2.45) is 0 Å². The number of thiol groups is 1. The Morgan fingerprint density at radius 1 is 1.10 bits per heavy atom. The smallest absolute Gasteiger partial charge is 0.253 e. The molecule has 15 heteroatoms. The van der Waals surface area contributed by atoms with Crippen LogP contribution in [0.3, 0.4) is 0 Å². The monoisotopic (exact) mass is 590 g/mol. The number of benzene rings is 2. The summed E-state index contributed by atoms with van der Waals surface area (Å²) < 4.78 is 55.3. The molecule has 206 valence electrons. The summed E-state index contributed by atoms with van der Waals surface area (Å²) in [4.78, 5) is 21.7. The van der Waals surface area contributed by atoms with Gasteiger partial charge in [-0.15, -0.1) is 21.5 Å². The van der Waals surface area contributed by atoms with Gasteiger partial charge in [0.2, 0.25) is 22.7 Å². The molecule has 12 nitrogen and oxygen atoms in total. The van der Waals surface area contributed by atoms with Crippen LogP contribution in [0.1, 0.15) is 32.4 Å². The number of carbonyl (C=O) groups is 1. The van der Waals surface area contributed by atoms with E-state index in [0.717, 1.165) is 35.2 Å². The lowest BCUT2D eigenvalue weighted by atomic mass is 10.0. The fraction of sp³-hybridized carbons (Fsp3) is 0.333. The average Bonchev–Trinajstić information content (AvgIpc) is 3.53. The van der Waals surface area contributed by atoms with Crippen LogP contribution in [-0.4, -0.2) is 87.2 Å². The summed E-state index contributed by atoms with van der Waals surface area (Å²) in [5.74, 6) is -0.254. The van der Waals surface area contributed by atoms with Crippen molar-refractivity contribution in [3.05, 3.63) is 64.8 Å². The van der Waals surface area contributed by atoms with Gasteiger partial charge in [0, 0.05) is 38.0 Å². The molecule has 1 aliphatic rings. The maximum Gasteiger partial charge on any atom is 0.253 e. The van der Waals surface area contributed by atoms with Gasteiger partial charge in [-0.2, -0.15) is 0 Å². The van der Waals surface area contributed by atoms with E-state index < -0.39 is 26.0 Å². The summed E-state index contributed by atoms with van der Waals surface area (Å²) in [6.07, 6.45) is 1.05. The molecule has 0 spiro atoms. The number of sulfone groups is 1. The zero-order chi connectivity index (χ0) is 27.7. The molecule has 1 saturated heterocycles. The summed E-state index contributed by atoms with van der Waals surface area (Å²) in [6.45, 7) is 2.81. The Balaban J connectivity index is 1.43. The molecule has 0 bridgehead atoms. The number of carbonyl (C=O) groups excluding carboxylic acids is 1. The van der Waals surface area contributed by atoms with Gasteiger partial charge in [0.15, 0.2) is 15.1 Å². The van der Waals surface area contributed by atoms with Crippen molar-refractivity contribution in [3.63, 3.8) is 0 Å².